The zero-order valence-corrected chi connectivity index (χ0v) is 14.8. The van der Waals surface area contributed by atoms with Crippen LogP contribution in [-0.2, 0) is 12.0 Å². The summed E-state index contributed by atoms with van der Waals surface area (Å²) in [6.07, 6.45) is 1.86. The quantitative estimate of drug-likeness (QED) is 0.851. The van der Waals surface area contributed by atoms with E-state index >= 15 is 0 Å². The second-order valence-electron chi connectivity index (χ2n) is 7.08. The van der Waals surface area contributed by atoms with E-state index in [-0.39, 0.29) is 5.41 Å². The lowest BCUT2D eigenvalue weighted by Gasteiger charge is -2.35. The lowest BCUT2D eigenvalue weighted by Crippen LogP contribution is -2.46. The second kappa shape index (κ2) is 6.54. The van der Waals surface area contributed by atoms with Gasteiger partial charge in [-0.2, -0.15) is 0 Å². The zero-order chi connectivity index (χ0) is 16.4. The van der Waals surface area contributed by atoms with E-state index < -0.39 is 0 Å². The molecular weight excluding hydrogens is 310 g/mol. The molecule has 1 aliphatic heterocycles. The van der Waals surface area contributed by atoms with Crippen LogP contribution in [0.3, 0.4) is 0 Å². The highest BCUT2D eigenvalue weighted by atomic mass is 35.5. The fourth-order valence-electron chi connectivity index (χ4n) is 2.78. The Bertz CT molecular complexity index is 654. The highest BCUT2D eigenvalue weighted by molar-refractivity contribution is 6.33. The van der Waals surface area contributed by atoms with Crippen molar-refractivity contribution in [3.05, 3.63) is 47.1 Å². The first-order chi connectivity index (χ1) is 10.9. The molecule has 0 unspecified atom stereocenters. The van der Waals surface area contributed by atoms with Gasteiger partial charge in [0.25, 0.3) is 0 Å². The Morgan fingerprint density at radius 2 is 1.83 bits per heavy atom. The van der Waals surface area contributed by atoms with E-state index in [9.17, 15) is 0 Å². The van der Waals surface area contributed by atoms with Crippen molar-refractivity contribution < 1.29 is 4.42 Å². The molecular formula is C18H24ClN3O. The third-order valence-electron chi connectivity index (χ3n) is 4.22. The topological polar surface area (TPSA) is 32.5 Å². The summed E-state index contributed by atoms with van der Waals surface area (Å²) in [5.41, 5.74) is 1.13. The van der Waals surface area contributed by atoms with Gasteiger partial charge in [-0.3, -0.25) is 4.90 Å². The third kappa shape index (κ3) is 3.88. The zero-order valence-electron chi connectivity index (χ0n) is 14.1. The molecule has 0 N–H and O–H groups in total. The maximum atomic E-state index is 6.29. The van der Waals surface area contributed by atoms with Crippen molar-refractivity contribution in [2.75, 3.05) is 31.1 Å². The molecule has 2 heterocycles. The Morgan fingerprint density at radius 3 is 2.43 bits per heavy atom. The Hall–Kier alpha value is -1.52. The van der Waals surface area contributed by atoms with Crippen molar-refractivity contribution in [1.29, 1.82) is 0 Å². The van der Waals surface area contributed by atoms with Gasteiger partial charge in [-0.15, -0.1) is 0 Å². The molecule has 0 atom stereocenters. The molecule has 0 saturated carbocycles. The van der Waals surface area contributed by atoms with Crippen LogP contribution in [0.2, 0.25) is 5.02 Å². The summed E-state index contributed by atoms with van der Waals surface area (Å²) in [4.78, 5) is 9.15. The molecule has 5 heteroatoms. The van der Waals surface area contributed by atoms with E-state index in [2.05, 4.69) is 41.6 Å². The largest absolute Gasteiger partial charge is 0.444 e. The van der Waals surface area contributed by atoms with Gasteiger partial charge in [0, 0.05) is 31.6 Å². The molecule has 0 radical (unpaired) electrons. The lowest BCUT2D eigenvalue weighted by molar-refractivity contribution is 0.221. The number of benzene rings is 1. The highest BCUT2D eigenvalue weighted by Gasteiger charge is 2.22. The summed E-state index contributed by atoms with van der Waals surface area (Å²) >= 11 is 6.29. The minimum absolute atomic E-state index is 0.00794. The van der Waals surface area contributed by atoms with Crippen molar-refractivity contribution in [2.24, 2.45) is 0 Å². The number of aromatic nitrogens is 1. The smallest absolute Gasteiger partial charge is 0.208 e. The third-order valence-corrected chi connectivity index (χ3v) is 4.54. The molecule has 0 spiro atoms. The first-order valence-corrected chi connectivity index (χ1v) is 8.48. The maximum absolute atomic E-state index is 6.29. The Morgan fingerprint density at radius 1 is 1.13 bits per heavy atom. The van der Waals surface area contributed by atoms with Crippen molar-refractivity contribution in [1.82, 2.24) is 9.88 Å². The molecule has 23 heavy (non-hydrogen) atoms. The molecule has 0 bridgehead atoms. The normalized spacial score (nSPS) is 16.8. The highest BCUT2D eigenvalue weighted by Crippen LogP contribution is 2.27. The minimum atomic E-state index is 0.00794. The number of anilines is 1. The predicted octanol–water partition coefficient (Wildman–Crippen LogP) is 3.95. The Balaban J connectivity index is 1.57. The van der Waals surface area contributed by atoms with Crippen LogP contribution < -0.4 is 4.90 Å². The number of halogens is 1. The summed E-state index contributed by atoms with van der Waals surface area (Å²) in [6, 6.07) is 8.04. The monoisotopic (exact) mass is 333 g/mol. The molecule has 1 fully saturated rings. The van der Waals surface area contributed by atoms with Gasteiger partial charge in [0.2, 0.25) is 5.89 Å². The molecule has 1 aliphatic rings. The number of hydrogen-bond acceptors (Lipinski definition) is 4. The van der Waals surface area contributed by atoms with E-state index in [1.165, 1.54) is 0 Å². The summed E-state index contributed by atoms with van der Waals surface area (Å²) in [7, 11) is 0. The summed E-state index contributed by atoms with van der Waals surface area (Å²) in [5.74, 6) is 1.75. The second-order valence-corrected chi connectivity index (χ2v) is 7.49. The Labute approximate surface area is 143 Å². The van der Waals surface area contributed by atoms with Crippen LogP contribution in [0.15, 0.2) is 34.9 Å². The van der Waals surface area contributed by atoms with Gasteiger partial charge in [0.1, 0.15) is 5.76 Å². The van der Waals surface area contributed by atoms with Crippen LogP contribution in [0.5, 0.6) is 0 Å². The van der Waals surface area contributed by atoms with E-state index in [1.54, 1.807) is 0 Å². The van der Waals surface area contributed by atoms with E-state index in [4.69, 9.17) is 16.0 Å². The molecule has 4 nitrogen and oxygen atoms in total. The van der Waals surface area contributed by atoms with Crippen LogP contribution in [0, 0.1) is 0 Å². The van der Waals surface area contributed by atoms with Crippen LogP contribution in [0.1, 0.15) is 32.4 Å². The molecule has 3 rings (SSSR count). The molecule has 1 aromatic heterocycles. The van der Waals surface area contributed by atoms with Crippen LogP contribution in [-0.4, -0.2) is 36.1 Å². The fourth-order valence-corrected chi connectivity index (χ4v) is 3.03. The number of oxazole rings is 1. The summed E-state index contributed by atoms with van der Waals surface area (Å²) in [5, 5.41) is 0.823. The van der Waals surface area contributed by atoms with Crippen molar-refractivity contribution in [3.8, 4) is 0 Å². The Kier molecular flexibility index (Phi) is 4.64. The van der Waals surface area contributed by atoms with Gasteiger partial charge in [-0.25, -0.2) is 4.98 Å². The van der Waals surface area contributed by atoms with E-state index in [1.807, 2.05) is 24.4 Å². The minimum Gasteiger partial charge on any atom is -0.444 e. The standard InChI is InChI=1S/C18H24ClN3O/c1-18(2,3)16-12-20-17(23-16)13-21-8-10-22(11-9-21)15-7-5-4-6-14(15)19/h4-7,12H,8-11,13H2,1-3H3. The molecule has 124 valence electrons. The lowest BCUT2D eigenvalue weighted by atomic mass is 9.94. The molecule has 0 amide bonds. The molecule has 2 aromatic rings. The van der Waals surface area contributed by atoms with Crippen LogP contribution in [0.4, 0.5) is 5.69 Å². The summed E-state index contributed by atoms with van der Waals surface area (Å²) in [6.45, 7) is 11.1. The van der Waals surface area contributed by atoms with Crippen LogP contribution >= 0.6 is 11.6 Å². The average molecular weight is 334 g/mol. The van der Waals surface area contributed by atoms with Gasteiger partial charge in [-0.1, -0.05) is 44.5 Å². The van der Waals surface area contributed by atoms with Gasteiger partial charge in [0.05, 0.1) is 23.5 Å². The first kappa shape index (κ1) is 16.3. The molecule has 1 aromatic carbocycles. The van der Waals surface area contributed by atoms with E-state index in [0.29, 0.717) is 0 Å². The van der Waals surface area contributed by atoms with Gasteiger partial charge in [0.15, 0.2) is 0 Å². The maximum Gasteiger partial charge on any atom is 0.208 e. The predicted molar refractivity (Wildman–Crippen MR) is 94.1 cm³/mol. The van der Waals surface area contributed by atoms with Crippen molar-refractivity contribution >= 4 is 17.3 Å². The average Bonchev–Trinajstić information content (AvgIpc) is 2.97. The van der Waals surface area contributed by atoms with E-state index in [0.717, 1.165) is 55.1 Å². The fraction of sp³-hybridized carbons (Fsp3) is 0.500. The number of para-hydroxylation sites is 1. The van der Waals surface area contributed by atoms with Crippen LogP contribution in [0.25, 0.3) is 0 Å². The molecule has 0 aliphatic carbocycles. The number of nitrogens with zero attached hydrogens (tertiary/aromatic N) is 3. The number of piperazine rings is 1. The number of rotatable bonds is 3. The first-order valence-electron chi connectivity index (χ1n) is 8.10. The SMILES string of the molecule is CC(C)(C)c1cnc(CN2CCN(c3ccccc3Cl)CC2)o1. The van der Waals surface area contributed by atoms with Crippen molar-refractivity contribution in [2.45, 2.75) is 32.7 Å². The van der Waals surface area contributed by atoms with Gasteiger partial charge >= 0.3 is 0 Å². The number of hydrogen-bond donors (Lipinski definition) is 0. The molecule has 1 saturated heterocycles. The van der Waals surface area contributed by atoms with Gasteiger partial charge in [-0.05, 0) is 12.1 Å². The van der Waals surface area contributed by atoms with Gasteiger partial charge < -0.3 is 9.32 Å². The van der Waals surface area contributed by atoms with Crippen molar-refractivity contribution in [3.63, 3.8) is 0 Å². The summed E-state index contributed by atoms with van der Waals surface area (Å²) < 4.78 is 5.89.